The lowest BCUT2D eigenvalue weighted by molar-refractivity contribution is 0.268. The fourth-order valence-electron chi connectivity index (χ4n) is 4.61. The van der Waals surface area contributed by atoms with Crippen LogP contribution in [0, 0.1) is 0 Å². The summed E-state index contributed by atoms with van der Waals surface area (Å²) in [6, 6.07) is 14.5. The Balaban J connectivity index is 1.44. The molecule has 1 atom stereocenters. The third-order valence-electron chi connectivity index (χ3n) is 6.28. The molecule has 0 spiro atoms. The van der Waals surface area contributed by atoms with Crippen LogP contribution in [0.15, 0.2) is 47.5 Å². The van der Waals surface area contributed by atoms with Crippen molar-refractivity contribution in [1.29, 1.82) is 0 Å². The van der Waals surface area contributed by atoms with Crippen LogP contribution in [0.25, 0.3) is 11.0 Å². The molecule has 0 amide bonds. The lowest BCUT2D eigenvalue weighted by Gasteiger charge is -2.41. The van der Waals surface area contributed by atoms with Crippen molar-refractivity contribution in [2.75, 3.05) is 38.0 Å². The third kappa shape index (κ3) is 3.26. The van der Waals surface area contributed by atoms with Gasteiger partial charge in [0, 0.05) is 13.0 Å². The van der Waals surface area contributed by atoms with Gasteiger partial charge in [-0.2, -0.15) is 0 Å². The molecular formula is C24H28N6O2. The molecule has 1 unspecified atom stereocenters. The summed E-state index contributed by atoms with van der Waals surface area (Å²) >= 11 is 0. The Morgan fingerprint density at radius 2 is 1.97 bits per heavy atom. The number of benzene rings is 2. The minimum Gasteiger partial charge on any atom is -0.490 e. The SMILES string of the molecule is CCCCN1CN=C2NC(c3ccc4c(c3)OCCCO4)n3c(nc4ccccc43)N2C1. The Morgan fingerprint density at radius 1 is 1.09 bits per heavy atom. The van der Waals surface area contributed by atoms with Crippen LogP contribution in [0.1, 0.15) is 37.9 Å². The molecule has 3 aromatic rings. The summed E-state index contributed by atoms with van der Waals surface area (Å²) < 4.78 is 14.1. The van der Waals surface area contributed by atoms with Crippen molar-refractivity contribution in [2.24, 2.45) is 4.99 Å². The molecule has 8 heteroatoms. The van der Waals surface area contributed by atoms with Gasteiger partial charge in [0.25, 0.3) is 0 Å². The first-order valence-corrected chi connectivity index (χ1v) is 11.5. The summed E-state index contributed by atoms with van der Waals surface area (Å²) in [7, 11) is 0. The number of fused-ring (bicyclic) bond motifs is 6. The molecule has 0 saturated carbocycles. The molecule has 166 valence electrons. The molecule has 0 bridgehead atoms. The molecule has 8 nitrogen and oxygen atoms in total. The number of nitrogens with one attached hydrogen (secondary N) is 1. The number of hydrogen-bond donors (Lipinski definition) is 1. The van der Waals surface area contributed by atoms with Gasteiger partial charge in [0.05, 0.1) is 37.6 Å². The Labute approximate surface area is 187 Å². The van der Waals surface area contributed by atoms with E-state index in [2.05, 4.69) is 56.9 Å². The number of imidazole rings is 1. The summed E-state index contributed by atoms with van der Waals surface area (Å²) in [5, 5.41) is 3.68. The maximum Gasteiger partial charge on any atom is 0.216 e. The molecule has 0 saturated heterocycles. The fraction of sp³-hybridized carbons (Fsp3) is 0.417. The van der Waals surface area contributed by atoms with Crippen LogP contribution in [0.3, 0.4) is 0 Å². The molecule has 0 aliphatic carbocycles. The van der Waals surface area contributed by atoms with Crippen LogP contribution < -0.4 is 19.7 Å². The van der Waals surface area contributed by atoms with Crippen molar-refractivity contribution >= 4 is 22.9 Å². The van der Waals surface area contributed by atoms with Gasteiger partial charge < -0.3 is 14.8 Å². The van der Waals surface area contributed by atoms with Gasteiger partial charge in [-0.3, -0.25) is 14.4 Å². The van der Waals surface area contributed by atoms with Gasteiger partial charge in [0.2, 0.25) is 11.9 Å². The van der Waals surface area contributed by atoms with Crippen molar-refractivity contribution < 1.29 is 9.47 Å². The first-order chi connectivity index (χ1) is 15.8. The van der Waals surface area contributed by atoms with Crippen LogP contribution in [0.2, 0.25) is 0 Å². The van der Waals surface area contributed by atoms with E-state index in [4.69, 9.17) is 19.5 Å². The molecule has 3 aliphatic rings. The predicted molar refractivity (Wildman–Crippen MR) is 124 cm³/mol. The van der Waals surface area contributed by atoms with E-state index in [-0.39, 0.29) is 6.17 Å². The number of aliphatic imine (C=N–C) groups is 1. The van der Waals surface area contributed by atoms with Crippen molar-refractivity contribution in [2.45, 2.75) is 32.4 Å². The van der Waals surface area contributed by atoms with Gasteiger partial charge in [-0.05, 0) is 36.2 Å². The highest BCUT2D eigenvalue weighted by Crippen LogP contribution is 2.37. The number of aromatic nitrogens is 2. The van der Waals surface area contributed by atoms with Gasteiger partial charge in [-0.15, -0.1) is 0 Å². The first kappa shape index (κ1) is 19.4. The second-order valence-electron chi connectivity index (χ2n) is 8.51. The monoisotopic (exact) mass is 432 g/mol. The van der Waals surface area contributed by atoms with Crippen molar-refractivity contribution in [3.63, 3.8) is 0 Å². The molecule has 1 N–H and O–H groups in total. The Hall–Kier alpha value is -3.26. The molecular weight excluding hydrogens is 404 g/mol. The number of para-hydroxylation sites is 2. The standard InChI is InChI=1S/C24H28N6O2/c1-2-3-11-28-15-25-23-27-22(17-9-10-20-21(14-17)32-13-6-12-31-20)30-19-8-5-4-7-18(19)26-24(30)29(23)16-28/h4-5,7-10,14,22H,2-3,6,11-13,15-16H2,1H3,(H,25,27). The molecule has 2 aromatic carbocycles. The Morgan fingerprint density at radius 3 is 2.88 bits per heavy atom. The summed E-state index contributed by atoms with van der Waals surface area (Å²) in [4.78, 5) is 14.5. The second kappa shape index (κ2) is 8.02. The van der Waals surface area contributed by atoms with Gasteiger partial charge in [-0.1, -0.05) is 31.5 Å². The van der Waals surface area contributed by atoms with E-state index >= 15 is 0 Å². The lowest BCUT2D eigenvalue weighted by Crippen LogP contribution is -2.57. The molecule has 1 aromatic heterocycles. The lowest BCUT2D eigenvalue weighted by atomic mass is 10.1. The van der Waals surface area contributed by atoms with Crippen LogP contribution in [-0.2, 0) is 0 Å². The Kier molecular flexibility index (Phi) is 4.87. The molecule has 3 aliphatic heterocycles. The third-order valence-corrected chi connectivity index (χ3v) is 6.28. The predicted octanol–water partition coefficient (Wildman–Crippen LogP) is 3.54. The number of ether oxygens (including phenoxy) is 2. The van der Waals surface area contributed by atoms with Gasteiger partial charge in [0.15, 0.2) is 11.5 Å². The van der Waals surface area contributed by atoms with Crippen LogP contribution in [0.4, 0.5) is 5.95 Å². The van der Waals surface area contributed by atoms with Crippen LogP contribution in [-0.4, -0.2) is 53.5 Å². The molecule has 0 fully saturated rings. The van der Waals surface area contributed by atoms with Gasteiger partial charge in [0.1, 0.15) is 6.17 Å². The Bertz CT molecular complexity index is 1170. The molecule has 0 radical (unpaired) electrons. The normalized spacial score (nSPS) is 20.2. The molecule has 4 heterocycles. The van der Waals surface area contributed by atoms with Gasteiger partial charge >= 0.3 is 0 Å². The average molecular weight is 433 g/mol. The van der Waals surface area contributed by atoms with E-state index in [1.54, 1.807) is 0 Å². The zero-order valence-electron chi connectivity index (χ0n) is 18.3. The van der Waals surface area contributed by atoms with Crippen LogP contribution in [0.5, 0.6) is 11.5 Å². The summed E-state index contributed by atoms with van der Waals surface area (Å²) in [5.41, 5.74) is 3.17. The van der Waals surface area contributed by atoms with Crippen LogP contribution >= 0.6 is 0 Å². The fourth-order valence-corrected chi connectivity index (χ4v) is 4.61. The quantitative estimate of drug-likeness (QED) is 0.680. The number of anilines is 1. The number of guanidine groups is 1. The number of unbranched alkanes of at least 4 members (excludes halogenated alkanes) is 1. The number of hydrogen-bond acceptors (Lipinski definition) is 7. The summed E-state index contributed by atoms with van der Waals surface area (Å²) in [5.74, 6) is 3.40. The van der Waals surface area contributed by atoms with Gasteiger partial charge in [-0.25, -0.2) is 9.98 Å². The van der Waals surface area contributed by atoms with E-state index in [0.29, 0.717) is 19.9 Å². The first-order valence-electron chi connectivity index (χ1n) is 11.5. The largest absolute Gasteiger partial charge is 0.490 e. The average Bonchev–Trinajstić information content (AvgIpc) is 3.06. The summed E-state index contributed by atoms with van der Waals surface area (Å²) in [6.45, 7) is 6.10. The minimum absolute atomic E-state index is 0.133. The minimum atomic E-state index is -0.133. The smallest absolute Gasteiger partial charge is 0.216 e. The second-order valence-corrected chi connectivity index (χ2v) is 8.51. The highest BCUT2D eigenvalue weighted by atomic mass is 16.5. The van der Waals surface area contributed by atoms with E-state index in [1.165, 1.54) is 12.8 Å². The van der Waals surface area contributed by atoms with E-state index in [1.807, 2.05) is 12.1 Å². The van der Waals surface area contributed by atoms with E-state index < -0.39 is 0 Å². The van der Waals surface area contributed by atoms with E-state index in [9.17, 15) is 0 Å². The van der Waals surface area contributed by atoms with Crippen molar-refractivity contribution in [1.82, 2.24) is 19.8 Å². The van der Waals surface area contributed by atoms with Crippen molar-refractivity contribution in [3.8, 4) is 11.5 Å². The number of nitrogens with zero attached hydrogens (tertiary/aromatic N) is 5. The highest BCUT2D eigenvalue weighted by Gasteiger charge is 2.36. The maximum atomic E-state index is 5.97. The maximum absolute atomic E-state index is 5.97. The summed E-state index contributed by atoms with van der Waals surface area (Å²) in [6.07, 6.45) is 3.10. The molecule has 32 heavy (non-hydrogen) atoms. The highest BCUT2D eigenvalue weighted by molar-refractivity contribution is 5.98. The topological polar surface area (TPSA) is 67.2 Å². The zero-order valence-corrected chi connectivity index (χ0v) is 18.3. The number of rotatable bonds is 4. The van der Waals surface area contributed by atoms with Crippen molar-refractivity contribution in [3.05, 3.63) is 48.0 Å². The zero-order chi connectivity index (χ0) is 21.5. The molecule has 6 rings (SSSR count). The van der Waals surface area contributed by atoms with E-state index in [0.717, 1.165) is 59.6 Å².